The van der Waals surface area contributed by atoms with E-state index in [4.69, 9.17) is 15.0 Å². The van der Waals surface area contributed by atoms with E-state index in [-0.39, 0.29) is 61.8 Å². The summed E-state index contributed by atoms with van der Waals surface area (Å²) in [6.07, 6.45) is -2.33. The molecule has 0 rings (SSSR count). The summed E-state index contributed by atoms with van der Waals surface area (Å²) >= 11 is 0. The minimum atomic E-state index is -2.33. The number of hydrogen-bond acceptors (Lipinski definition) is 3. The molecule has 3 nitrogen and oxygen atoms in total. The predicted molar refractivity (Wildman–Crippen MR) is 5.40 cm³/mol. The summed E-state index contributed by atoms with van der Waals surface area (Å²) in [6.45, 7) is 0. The largest absolute Gasteiger partial charge is 4.00 e. The number of carbonyl (C=O) groups is 1. The number of hydrogen-bond donors (Lipinski definition) is 0. The molecule has 0 N–H and O–H groups in total. The quantitative estimate of drug-likeness (QED) is 0.497. The molecule has 5 heteroatoms. The van der Waals surface area contributed by atoms with Crippen LogP contribution in [0.15, 0.2) is 0 Å². The monoisotopic (exact) mass is 289 g/mol. The van der Waals surface area contributed by atoms with Gasteiger partial charge in [0.25, 0.3) is 0 Å². The van der Waals surface area contributed by atoms with Gasteiger partial charge in [-0.1, -0.05) is 0 Å². The standard InChI is InChI=1S/CH2O3.La.Zr/c2-1(3)4;;/h(H2,2,3,4);;/q;+3;+4/p-2. The van der Waals surface area contributed by atoms with Crippen LogP contribution in [0.4, 0.5) is 4.79 Å². The molecule has 0 aromatic rings. The molecule has 0 heterocycles. The molecule has 0 saturated heterocycles. The fraction of sp³-hybridized carbons (Fsp3) is 0. The maximum absolute atomic E-state index is 8.33. The minimum absolute atomic E-state index is 0. The molecule has 0 bridgehead atoms. The molecule has 0 aromatic carbocycles. The predicted octanol–water partition coefficient (Wildman–Crippen LogP) is -2.45. The van der Waals surface area contributed by atoms with Gasteiger partial charge in [-0.3, -0.25) is 0 Å². The number of carboxylic acid groups (broad SMARTS) is 2. The van der Waals surface area contributed by atoms with Crippen molar-refractivity contribution in [3.05, 3.63) is 0 Å². The molecule has 0 fully saturated rings. The van der Waals surface area contributed by atoms with E-state index in [0.717, 1.165) is 0 Å². The van der Waals surface area contributed by atoms with Crippen molar-refractivity contribution in [2.75, 3.05) is 0 Å². The van der Waals surface area contributed by atoms with E-state index in [1.54, 1.807) is 0 Å². The second-order valence-electron chi connectivity index (χ2n) is 0.250. The summed E-state index contributed by atoms with van der Waals surface area (Å²) in [4.78, 5) is 8.33. The summed E-state index contributed by atoms with van der Waals surface area (Å²) in [6, 6.07) is 0. The fourth-order valence-corrected chi connectivity index (χ4v) is 0. The first-order valence-corrected chi connectivity index (χ1v) is 0.612. The number of carbonyl (C=O) groups excluding carboxylic acids is 1. The zero-order valence-corrected chi connectivity index (χ0v) is 8.89. The van der Waals surface area contributed by atoms with Crippen molar-refractivity contribution in [2.45, 2.75) is 0 Å². The maximum atomic E-state index is 8.33. The van der Waals surface area contributed by atoms with Crippen LogP contribution >= 0.6 is 0 Å². The van der Waals surface area contributed by atoms with Crippen molar-refractivity contribution in [3.63, 3.8) is 0 Å². The van der Waals surface area contributed by atoms with E-state index < -0.39 is 6.16 Å². The minimum Gasteiger partial charge on any atom is -0.652 e. The Balaban J connectivity index is -0.0000000450. The van der Waals surface area contributed by atoms with Gasteiger partial charge >= 0.3 is 61.8 Å². The SMILES string of the molecule is O=C([O-])[O-].[La+3].[Zr+4]. The molecule has 0 saturated carbocycles. The molecule has 0 aliphatic rings. The Kier molecular flexibility index (Phi) is 25.1. The summed E-state index contributed by atoms with van der Waals surface area (Å²) < 4.78 is 0. The molecule has 0 unspecified atom stereocenters. The van der Waals surface area contributed by atoms with Gasteiger partial charge in [-0.25, -0.2) is 0 Å². The van der Waals surface area contributed by atoms with Crippen molar-refractivity contribution in [1.29, 1.82) is 0 Å². The van der Waals surface area contributed by atoms with E-state index in [1.165, 1.54) is 0 Å². The van der Waals surface area contributed by atoms with Gasteiger partial charge in [-0.15, -0.1) is 0 Å². The summed E-state index contributed by atoms with van der Waals surface area (Å²) in [5.74, 6) is 0. The zero-order chi connectivity index (χ0) is 3.58. The average Bonchev–Trinajstić information content (AvgIpc) is 0.811. The zero-order valence-electron chi connectivity index (χ0n) is 2.80. The van der Waals surface area contributed by atoms with Gasteiger partial charge in [0.2, 0.25) is 0 Å². The smallest absolute Gasteiger partial charge is 0.652 e. The van der Waals surface area contributed by atoms with Crippen molar-refractivity contribution in [2.24, 2.45) is 0 Å². The van der Waals surface area contributed by atoms with Crippen molar-refractivity contribution < 1.29 is 76.8 Å². The summed E-state index contributed by atoms with van der Waals surface area (Å²) in [7, 11) is 0. The molecule has 0 atom stereocenters. The van der Waals surface area contributed by atoms with E-state index in [2.05, 4.69) is 0 Å². The van der Waals surface area contributed by atoms with Gasteiger partial charge in [0.05, 0.1) is 0 Å². The Morgan fingerprint density at radius 2 is 1.33 bits per heavy atom. The van der Waals surface area contributed by atoms with Crippen LogP contribution in [0, 0.1) is 35.6 Å². The molecule has 0 aliphatic carbocycles. The van der Waals surface area contributed by atoms with Gasteiger partial charge < -0.3 is 15.0 Å². The van der Waals surface area contributed by atoms with Crippen LogP contribution in [-0.4, -0.2) is 6.16 Å². The molecular formula is CLaO3Zr+5. The Bertz CT molecular complexity index is 33.8. The van der Waals surface area contributed by atoms with Gasteiger partial charge in [-0.2, -0.15) is 0 Å². The van der Waals surface area contributed by atoms with Crippen LogP contribution in [0.25, 0.3) is 0 Å². The maximum Gasteiger partial charge on any atom is 4.00 e. The van der Waals surface area contributed by atoms with E-state index >= 15 is 0 Å². The van der Waals surface area contributed by atoms with Gasteiger partial charge in [0, 0.05) is 0 Å². The molecule has 0 radical (unpaired) electrons. The van der Waals surface area contributed by atoms with Crippen LogP contribution in [0.2, 0.25) is 0 Å². The first-order chi connectivity index (χ1) is 1.73. The van der Waals surface area contributed by atoms with Crippen molar-refractivity contribution >= 4 is 6.16 Å². The summed E-state index contributed by atoms with van der Waals surface area (Å²) in [5.41, 5.74) is 0. The van der Waals surface area contributed by atoms with E-state index in [9.17, 15) is 0 Å². The molecule has 0 aromatic heterocycles. The van der Waals surface area contributed by atoms with Crippen LogP contribution < -0.4 is 10.2 Å². The van der Waals surface area contributed by atoms with E-state index in [1.807, 2.05) is 0 Å². The van der Waals surface area contributed by atoms with Crippen LogP contribution in [-0.2, 0) is 26.2 Å². The van der Waals surface area contributed by atoms with Gasteiger partial charge in [0.15, 0.2) is 0 Å². The number of rotatable bonds is 0. The Hall–Kier alpha value is 1.35. The van der Waals surface area contributed by atoms with Gasteiger partial charge in [0.1, 0.15) is 0 Å². The Morgan fingerprint density at radius 3 is 1.33 bits per heavy atom. The van der Waals surface area contributed by atoms with Crippen molar-refractivity contribution in [3.8, 4) is 0 Å². The average molecular weight is 290 g/mol. The Morgan fingerprint density at radius 1 is 1.33 bits per heavy atom. The van der Waals surface area contributed by atoms with Crippen LogP contribution in [0.1, 0.15) is 0 Å². The summed E-state index contributed by atoms with van der Waals surface area (Å²) in [5, 5.41) is 16.7. The second-order valence-corrected chi connectivity index (χ2v) is 0.250. The van der Waals surface area contributed by atoms with Gasteiger partial charge in [-0.05, 0) is 6.16 Å². The first kappa shape index (κ1) is 15.7. The van der Waals surface area contributed by atoms with Crippen LogP contribution in [0.5, 0.6) is 0 Å². The molecule has 24 valence electrons. The topological polar surface area (TPSA) is 63.2 Å². The molecule has 0 amide bonds. The third-order valence-corrected chi connectivity index (χ3v) is 0. The third kappa shape index (κ3) is 55.6. The fourth-order valence-electron chi connectivity index (χ4n) is 0. The molecule has 0 spiro atoms. The van der Waals surface area contributed by atoms with E-state index in [0.29, 0.717) is 0 Å². The second kappa shape index (κ2) is 9.60. The third-order valence-electron chi connectivity index (χ3n) is 0. The normalized spacial score (nSPS) is 4.00. The van der Waals surface area contributed by atoms with Crippen LogP contribution in [0.3, 0.4) is 0 Å². The molecule has 6 heavy (non-hydrogen) atoms. The molecule has 0 aliphatic heterocycles. The van der Waals surface area contributed by atoms with Crippen molar-refractivity contribution in [1.82, 2.24) is 0 Å². The Labute approximate surface area is 81.8 Å². The first-order valence-electron chi connectivity index (χ1n) is 0.612. The molecular weight excluding hydrogens is 290 g/mol.